The van der Waals surface area contributed by atoms with Crippen LogP contribution in [0.3, 0.4) is 0 Å². The average Bonchev–Trinajstić information content (AvgIpc) is 3.10. The molecule has 0 radical (unpaired) electrons. The van der Waals surface area contributed by atoms with E-state index in [1.807, 2.05) is 0 Å². The zero-order chi connectivity index (χ0) is 17.2. The lowest BCUT2D eigenvalue weighted by Crippen LogP contribution is -2.59. The van der Waals surface area contributed by atoms with Crippen LogP contribution in [0, 0.1) is 5.82 Å². The molecule has 0 aromatic heterocycles. The predicted molar refractivity (Wildman–Crippen MR) is 104 cm³/mol. The molecule has 1 unspecified atom stereocenters. The third kappa shape index (κ3) is 3.98. The first kappa shape index (κ1) is 17.2. The molecule has 2 bridgehead atoms. The molecule has 3 atom stereocenters. The number of anilines is 1. The number of hydrogen-bond acceptors (Lipinski definition) is 2. The van der Waals surface area contributed by atoms with Gasteiger partial charge in [-0.25, -0.2) is 4.39 Å². The number of thiocarbonyl (C=S) groups is 1. The molecule has 1 saturated carbocycles. The van der Waals surface area contributed by atoms with Crippen LogP contribution in [-0.4, -0.2) is 34.2 Å². The summed E-state index contributed by atoms with van der Waals surface area (Å²) in [5.41, 5.74) is 0.836. The van der Waals surface area contributed by atoms with Gasteiger partial charge < -0.3 is 10.6 Å². The fraction of sp³-hybridized carbons (Fsp3) is 0.650. The van der Waals surface area contributed by atoms with Gasteiger partial charge in [0, 0.05) is 29.9 Å². The highest BCUT2D eigenvalue weighted by Gasteiger charge is 2.42. The monoisotopic (exact) mass is 361 g/mol. The smallest absolute Gasteiger partial charge is 0.170 e. The lowest BCUT2D eigenvalue weighted by molar-refractivity contribution is -0.00596. The summed E-state index contributed by atoms with van der Waals surface area (Å²) < 4.78 is 13.0. The van der Waals surface area contributed by atoms with Gasteiger partial charge in [0.1, 0.15) is 5.82 Å². The molecule has 25 heavy (non-hydrogen) atoms. The van der Waals surface area contributed by atoms with E-state index >= 15 is 0 Å². The van der Waals surface area contributed by atoms with Crippen molar-refractivity contribution in [2.75, 3.05) is 5.32 Å². The molecule has 1 aromatic rings. The van der Waals surface area contributed by atoms with Crippen LogP contribution in [0.4, 0.5) is 10.1 Å². The highest BCUT2D eigenvalue weighted by Crippen LogP contribution is 2.39. The summed E-state index contributed by atoms with van der Waals surface area (Å²) in [7, 11) is 0. The molecule has 5 heteroatoms. The third-order valence-corrected chi connectivity index (χ3v) is 6.43. The maximum absolute atomic E-state index is 13.0. The Hall–Kier alpha value is -1.20. The maximum atomic E-state index is 13.0. The van der Waals surface area contributed by atoms with Crippen LogP contribution in [-0.2, 0) is 0 Å². The standard InChI is InChI=1S/C20H28FN3S/c21-14-8-10-15(11-9-14)22-20(25)23-16-12-18-6-3-7-19(13-16)24(18)17-4-1-2-5-17/h8-11,16-19H,1-7,12-13H2,(H2,22,23,25)/t16?,18-,19+. The van der Waals surface area contributed by atoms with E-state index in [1.165, 1.54) is 69.9 Å². The molecule has 1 aliphatic carbocycles. The number of nitrogens with zero attached hydrogens (tertiary/aromatic N) is 1. The van der Waals surface area contributed by atoms with Crippen LogP contribution in [0.15, 0.2) is 24.3 Å². The molecule has 136 valence electrons. The summed E-state index contributed by atoms with van der Waals surface area (Å²) in [6.07, 6.45) is 12.1. The van der Waals surface area contributed by atoms with Crippen molar-refractivity contribution in [3.8, 4) is 0 Å². The van der Waals surface area contributed by atoms with Crippen LogP contribution in [0.25, 0.3) is 0 Å². The van der Waals surface area contributed by atoms with Crippen molar-refractivity contribution in [1.29, 1.82) is 0 Å². The quantitative estimate of drug-likeness (QED) is 0.779. The number of hydrogen-bond donors (Lipinski definition) is 2. The van der Waals surface area contributed by atoms with Crippen LogP contribution in [0.1, 0.15) is 57.8 Å². The van der Waals surface area contributed by atoms with Crippen molar-refractivity contribution >= 4 is 23.0 Å². The minimum atomic E-state index is -0.225. The number of benzene rings is 1. The number of fused-ring (bicyclic) bond motifs is 2. The molecule has 2 aliphatic heterocycles. The zero-order valence-electron chi connectivity index (χ0n) is 14.7. The van der Waals surface area contributed by atoms with Crippen LogP contribution in [0.2, 0.25) is 0 Å². The molecule has 2 heterocycles. The van der Waals surface area contributed by atoms with Crippen molar-refractivity contribution in [1.82, 2.24) is 10.2 Å². The van der Waals surface area contributed by atoms with Gasteiger partial charge in [-0.2, -0.15) is 0 Å². The fourth-order valence-corrected chi connectivity index (χ4v) is 5.50. The van der Waals surface area contributed by atoms with E-state index in [0.29, 0.717) is 11.2 Å². The Labute approximate surface area is 155 Å². The number of halogens is 1. The van der Waals surface area contributed by atoms with Gasteiger partial charge in [0.15, 0.2) is 5.11 Å². The molecule has 2 saturated heterocycles. The minimum Gasteiger partial charge on any atom is -0.360 e. The summed E-state index contributed by atoms with van der Waals surface area (Å²) in [6.45, 7) is 0. The summed E-state index contributed by atoms with van der Waals surface area (Å²) in [5.74, 6) is -0.225. The molecular weight excluding hydrogens is 333 g/mol. The molecule has 2 N–H and O–H groups in total. The second-order valence-electron chi connectivity index (χ2n) is 7.90. The molecule has 0 amide bonds. The van der Waals surface area contributed by atoms with Crippen LogP contribution in [0.5, 0.6) is 0 Å². The van der Waals surface area contributed by atoms with E-state index in [4.69, 9.17) is 12.2 Å². The Morgan fingerprint density at radius 3 is 2.16 bits per heavy atom. The zero-order valence-corrected chi connectivity index (χ0v) is 15.5. The van der Waals surface area contributed by atoms with E-state index in [2.05, 4.69) is 15.5 Å². The normalized spacial score (nSPS) is 30.2. The number of nitrogens with one attached hydrogen (secondary N) is 2. The summed E-state index contributed by atoms with van der Waals surface area (Å²) in [5, 5.41) is 7.37. The molecule has 3 aliphatic rings. The SMILES string of the molecule is Fc1ccc(NC(=S)NC2C[C@H]3CCC[C@@H](C2)N3C2CCCC2)cc1. The summed E-state index contributed by atoms with van der Waals surface area (Å²) in [6, 6.07) is 9.09. The van der Waals surface area contributed by atoms with Crippen molar-refractivity contribution in [3.05, 3.63) is 30.1 Å². The Balaban J connectivity index is 1.34. The number of rotatable bonds is 3. The van der Waals surface area contributed by atoms with Crippen molar-refractivity contribution < 1.29 is 4.39 Å². The highest BCUT2D eigenvalue weighted by atomic mass is 32.1. The summed E-state index contributed by atoms with van der Waals surface area (Å²) >= 11 is 5.49. The molecule has 4 rings (SSSR count). The maximum Gasteiger partial charge on any atom is 0.170 e. The largest absolute Gasteiger partial charge is 0.360 e. The van der Waals surface area contributed by atoms with Crippen LogP contribution < -0.4 is 10.6 Å². The van der Waals surface area contributed by atoms with Gasteiger partial charge in [-0.1, -0.05) is 19.3 Å². The second-order valence-corrected chi connectivity index (χ2v) is 8.31. The highest BCUT2D eigenvalue weighted by molar-refractivity contribution is 7.80. The lowest BCUT2D eigenvalue weighted by Gasteiger charge is -2.52. The second kappa shape index (κ2) is 7.58. The van der Waals surface area contributed by atoms with Gasteiger partial charge in [0.25, 0.3) is 0 Å². The van der Waals surface area contributed by atoms with Crippen molar-refractivity contribution in [2.45, 2.75) is 82.0 Å². The summed E-state index contributed by atoms with van der Waals surface area (Å²) in [4.78, 5) is 2.88. The van der Waals surface area contributed by atoms with Crippen molar-refractivity contribution in [3.63, 3.8) is 0 Å². The van der Waals surface area contributed by atoms with E-state index in [1.54, 1.807) is 12.1 Å². The molecule has 3 fully saturated rings. The van der Waals surface area contributed by atoms with Gasteiger partial charge in [-0.15, -0.1) is 0 Å². The Morgan fingerprint density at radius 2 is 1.52 bits per heavy atom. The number of piperidine rings is 2. The van der Waals surface area contributed by atoms with Gasteiger partial charge in [0.2, 0.25) is 0 Å². The lowest BCUT2D eigenvalue weighted by atomic mass is 9.80. The molecular formula is C20H28FN3S. The molecule has 1 aromatic carbocycles. The fourth-order valence-electron chi connectivity index (χ4n) is 5.22. The van der Waals surface area contributed by atoms with Crippen LogP contribution >= 0.6 is 12.2 Å². The third-order valence-electron chi connectivity index (χ3n) is 6.21. The van der Waals surface area contributed by atoms with E-state index in [0.717, 1.165) is 23.8 Å². The Morgan fingerprint density at radius 1 is 0.920 bits per heavy atom. The van der Waals surface area contributed by atoms with Gasteiger partial charge in [-0.3, -0.25) is 4.90 Å². The Kier molecular flexibility index (Phi) is 5.23. The minimum absolute atomic E-state index is 0.225. The first-order valence-corrected chi connectivity index (χ1v) is 10.2. The van der Waals surface area contributed by atoms with Gasteiger partial charge in [0.05, 0.1) is 0 Å². The Bertz CT molecular complexity index is 585. The molecule has 0 spiro atoms. The van der Waals surface area contributed by atoms with Gasteiger partial charge in [-0.05, 0) is 75.0 Å². The predicted octanol–water partition coefficient (Wildman–Crippen LogP) is 4.44. The van der Waals surface area contributed by atoms with E-state index in [9.17, 15) is 4.39 Å². The topological polar surface area (TPSA) is 27.3 Å². The van der Waals surface area contributed by atoms with Gasteiger partial charge >= 0.3 is 0 Å². The molecule has 3 nitrogen and oxygen atoms in total. The first-order valence-electron chi connectivity index (χ1n) is 9.79. The first-order chi connectivity index (χ1) is 12.2. The van der Waals surface area contributed by atoms with Crippen molar-refractivity contribution in [2.24, 2.45) is 0 Å². The average molecular weight is 362 g/mol. The van der Waals surface area contributed by atoms with E-state index in [-0.39, 0.29) is 5.82 Å². The van der Waals surface area contributed by atoms with E-state index < -0.39 is 0 Å².